The van der Waals surface area contributed by atoms with Crippen LogP contribution in [-0.4, -0.2) is 51.5 Å². The van der Waals surface area contributed by atoms with Crippen molar-refractivity contribution in [2.24, 2.45) is 22.7 Å². The monoisotopic (exact) mass is 448 g/mol. The van der Waals surface area contributed by atoms with Crippen LogP contribution >= 0.6 is 0 Å². The molecule has 0 spiro atoms. The van der Waals surface area contributed by atoms with Crippen molar-refractivity contribution in [3.8, 4) is 0 Å². The molecule has 2 heterocycles. The van der Waals surface area contributed by atoms with Crippen molar-refractivity contribution in [1.82, 2.24) is 0 Å². The number of allylic oxidation sites excluding steroid dienone is 3. The molecule has 3 fully saturated rings. The Kier molecular flexibility index (Phi) is 5.93. The van der Waals surface area contributed by atoms with Crippen LogP contribution in [0, 0.1) is 22.7 Å². The summed E-state index contributed by atoms with van der Waals surface area (Å²) in [6.45, 7) is 11.4. The Morgan fingerprint density at radius 2 is 2.00 bits per heavy atom. The number of esters is 1. The second kappa shape index (κ2) is 7.93. The Morgan fingerprint density at radius 1 is 1.28 bits per heavy atom. The lowest BCUT2D eigenvalue weighted by molar-refractivity contribution is -0.261. The first-order chi connectivity index (χ1) is 14.9. The lowest BCUT2D eigenvalue weighted by atomic mass is 9.47. The number of aliphatic hydroxyl groups is 3. The van der Waals surface area contributed by atoms with Crippen LogP contribution in [-0.2, 0) is 14.3 Å². The number of hydrogen-bond donors (Lipinski definition) is 3. The highest BCUT2D eigenvalue weighted by atomic mass is 16.7. The fourth-order valence-electron chi connectivity index (χ4n) is 6.97. The summed E-state index contributed by atoms with van der Waals surface area (Å²) in [7, 11) is 0. The molecule has 0 aromatic rings. The molecule has 1 saturated carbocycles. The average molecular weight is 449 g/mol. The van der Waals surface area contributed by atoms with E-state index in [0.29, 0.717) is 11.8 Å². The molecule has 3 N–H and O–H groups in total. The van der Waals surface area contributed by atoms with Crippen LogP contribution in [0.4, 0.5) is 0 Å². The van der Waals surface area contributed by atoms with Crippen LogP contribution in [0.25, 0.3) is 0 Å². The third-order valence-electron chi connectivity index (χ3n) is 9.77. The van der Waals surface area contributed by atoms with Crippen molar-refractivity contribution >= 4 is 5.97 Å². The molecule has 2 aliphatic heterocycles. The number of hydrogen-bond acceptors (Lipinski definition) is 6. The maximum absolute atomic E-state index is 12.3. The topological polar surface area (TPSA) is 96.2 Å². The number of carbonyl (C=O) groups excluding carboxylic acids is 1. The molecule has 0 radical (unpaired) electrons. The summed E-state index contributed by atoms with van der Waals surface area (Å²) in [6, 6.07) is 0. The molecular formula is C26H40O6. The number of ether oxygens (including phenoxy) is 2. The van der Waals surface area contributed by atoms with Crippen molar-refractivity contribution in [2.75, 3.05) is 6.61 Å². The fraction of sp³-hybridized carbons (Fsp3) is 0.808. The van der Waals surface area contributed by atoms with Crippen molar-refractivity contribution < 1.29 is 29.6 Å². The normalized spacial score (nSPS) is 48.8. The zero-order valence-electron chi connectivity index (χ0n) is 20.2. The molecule has 6 heteroatoms. The van der Waals surface area contributed by atoms with Gasteiger partial charge in [-0.05, 0) is 75.0 Å². The molecule has 8 atom stereocenters. The summed E-state index contributed by atoms with van der Waals surface area (Å²) >= 11 is 0. The highest BCUT2D eigenvalue weighted by Gasteiger charge is 2.72. The second-order valence-electron chi connectivity index (χ2n) is 11.4. The predicted octanol–water partition coefficient (Wildman–Crippen LogP) is 3.64. The van der Waals surface area contributed by atoms with E-state index in [1.165, 1.54) is 19.3 Å². The second-order valence-corrected chi connectivity index (χ2v) is 11.4. The van der Waals surface area contributed by atoms with Gasteiger partial charge in [0.1, 0.15) is 6.10 Å². The van der Waals surface area contributed by atoms with Crippen LogP contribution in [0.5, 0.6) is 0 Å². The number of rotatable bonds is 5. The smallest absolute Gasteiger partial charge is 0.344 e. The third kappa shape index (κ3) is 3.32. The summed E-state index contributed by atoms with van der Waals surface area (Å²) in [5.41, 5.74) is 0.910. The number of carbonyl (C=O) groups is 1. The zero-order chi connectivity index (χ0) is 23.5. The summed E-state index contributed by atoms with van der Waals surface area (Å²) in [4.78, 5) is 12.3. The van der Waals surface area contributed by atoms with Crippen molar-refractivity contribution in [3.63, 3.8) is 0 Å². The molecule has 6 nitrogen and oxygen atoms in total. The van der Waals surface area contributed by atoms with Gasteiger partial charge in [0.2, 0.25) is 11.4 Å². The largest absolute Gasteiger partial charge is 0.451 e. The Bertz CT molecular complexity index is 834. The first-order valence-corrected chi connectivity index (χ1v) is 12.2. The van der Waals surface area contributed by atoms with E-state index in [-0.39, 0.29) is 23.9 Å². The van der Waals surface area contributed by atoms with Gasteiger partial charge >= 0.3 is 5.97 Å². The van der Waals surface area contributed by atoms with E-state index < -0.39 is 29.6 Å². The van der Waals surface area contributed by atoms with Crippen molar-refractivity contribution in [3.05, 3.63) is 23.3 Å². The fourth-order valence-corrected chi connectivity index (χ4v) is 6.97. The Morgan fingerprint density at radius 3 is 2.72 bits per heavy atom. The molecule has 32 heavy (non-hydrogen) atoms. The molecule has 0 aromatic heterocycles. The Hall–Kier alpha value is -1.21. The molecule has 4 aliphatic rings. The maximum Gasteiger partial charge on any atom is 0.344 e. The highest BCUT2D eigenvalue weighted by molar-refractivity contribution is 5.84. The van der Waals surface area contributed by atoms with E-state index in [2.05, 4.69) is 33.8 Å². The molecule has 2 aliphatic carbocycles. The van der Waals surface area contributed by atoms with E-state index >= 15 is 0 Å². The van der Waals surface area contributed by atoms with Crippen LogP contribution < -0.4 is 0 Å². The average Bonchev–Trinajstić information content (AvgIpc) is 3.14. The summed E-state index contributed by atoms with van der Waals surface area (Å²) in [5, 5.41) is 31.7. The van der Waals surface area contributed by atoms with E-state index in [0.717, 1.165) is 24.8 Å². The van der Waals surface area contributed by atoms with E-state index in [4.69, 9.17) is 9.47 Å². The first kappa shape index (κ1) is 23.9. The van der Waals surface area contributed by atoms with E-state index in [1.54, 1.807) is 5.57 Å². The molecule has 4 rings (SSSR count). The van der Waals surface area contributed by atoms with Crippen LogP contribution in [0.3, 0.4) is 0 Å². The molecule has 2 saturated heterocycles. The highest BCUT2D eigenvalue weighted by Crippen LogP contribution is 2.62. The van der Waals surface area contributed by atoms with Gasteiger partial charge in [-0.15, -0.1) is 0 Å². The molecule has 8 unspecified atom stereocenters. The van der Waals surface area contributed by atoms with E-state index in [9.17, 15) is 20.1 Å². The number of aliphatic hydroxyl groups excluding tert-OH is 1. The molecule has 0 bridgehead atoms. The van der Waals surface area contributed by atoms with Gasteiger partial charge in [-0.3, -0.25) is 0 Å². The third-order valence-corrected chi connectivity index (χ3v) is 9.77. The van der Waals surface area contributed by atoms with Gasteiger partial charge < -0.3 is 24.8 Å². The van der Waals surface area contributed by atoms with Crippen LogP contribution in [0.1, 0.15) is 79.6 Å². The van der Waals surface area contributed by atoms with Gasteiger partial charge in [-0.1, -0.05) is 44.1 Å². The maximum atomic E-state index is 12.3. The Labute approximate surface area is 191 Å². The quantitative estimate of drug-likeness (QED) is 0.439. The summed E-state index contributed by atoms with van der Waals surface area (Å²) in [6.07, 6.45) is 8.55. The van der Waals surface area contributed by atoms with Gasteiger partial charge in [0.25, 0.3) is 0 Å². The van der Waals surface area contributed by atoms with Gasteiger partial charge in [0.15, 0.2) is 6.10 Å². The SMILES string of the molecule is CC(=CCC1(O)C(=O)OC2C(O)COC21O)CCC1(C)C(C)CCC2(C)C(C)=CCCC21. The summed E-state index contributed by atoms with van der Waals surface area (Å²) < 4.78 is 10.3. The van der Waals surface area contributed by atoms with Crippen molar-refractivity contribution in [2.45, 2.75) is 103 Å². The van der Waals surface area contributed by atoms with Crippen molar-refractivity contribution in [1.29, 1.82) is 0 Å². The van der Waals surface area contributed by atoms with Gasteiger partial charge in [-0.2, -0.15) is 0 Å². The van der Waals surface area contributed by atoms with Gasteiger partial charge in [0.05, 0.1) is 6.61 Å². The Balaban J connectivity index is 1.47. The molecule has 0 amide bonds. The minimum atomic E-state index is -2.21. The molecule has 180 valence electrons. The van der Waals surface area contributed by atoms with Gasteiger partial charge in [0, 0.05) is 6.42 Å². The summed E-state index contributed by atoms with van der Waals surface area (Å²) in [5.74, 6) is -1.86. The predicted molar refractivity (Wildman–Crippen MR) is 120 cm³/mol. The number of fused-ring (bicyclic) bond motifs is 2. The van der Waals surface area contributed by atoms with E-state index in [1.807, 2.05) is 13.0 Å². The first-order valence-electron chi connectivity index (χ1n) is 12.2. The zero-order valence-corrected chi connectivity index (χ0v) is 20.2. The standard InChI is InChI=1S/C26H40O6/c1-16(10-14-25(29)22(28)32-21-19(27)15-31-26(21,25)30)9-12-23(4)18(3)11-13-24(5)17(2)7-6-8-20(23)24/h7,10,18-21,27,29-30H,6,8-9,11-15H2,1-5H3. The molecule has 0 aromatic carbocycles. The van der Waals surface area contributed by atoms with Gasteiger partial charge in [-0.25, -0.2) is 4.79 Å². The van der Waals surface area contributed by atoms with Crippen LogP contribution in [0.2, 0.25) is 0 Å². The lowest BCUT2D eigenvalue weighted by Gasteiger charge is -2.58. The lowest BCUT2D eigenvalue weighted by Crippen LogP contribution is -2.57. The minimum absolute atomic E-state index is 0.105. The van der Waals surface area contributed by atoms with Crippen LogP contribution in [0.15, 0.2) is 23.3 Å². The minimum Gasteiger partial charge on any atom is -0.451 e. The molecular weight excluding hydrogens is 408 g/mol.